The predicted octanol–water partition coefficient (Wildman–Crippen LogP) is 1.13. The van der Waals surface area contributed by atoms with Gasteiger partial charge in [-0.05, 0) is 12.5 Å². The molecule has 0 radical (unpaired) electrons. The van der Waals surface area contributed by atoms with Gasteiger partial charge in [-0.2, -0.15) is 0 Å². The number of nitrogens with one attached hydrogen (secondary N) is 1. The van der Waals surface area contributed by atoms with Crippen molar-refractivity contribution in [3.63, 3.8) is 0 Å². The molecule has 62 valence electrons. The molecule has 1 aromatic carbocycles. The van der Waals surface area contributed by atoms with Crippen molar-refractivity contribution in [3.8, 4) is 11.3 Å². The molecule has 0 bridgehead atoms. The molecule has 0 amide bonds. The van der Waals surface area contributed by atoms with E-state index in [2.05, 4.69) is 28.4 Å². The van der Waals surface area contributed by atoms with Crippen molar-refractivity contribution in [1.82, 2.24) is 15.4 Å². The molecule has 3 nitrogen and oxygen atoms in total. The summed E-state index contributed by atoms with van der Waals surface area (Å²) in [5.74, 6) is 0. The van der Waals surface area contributed by atoms with Crippen LogP contribution < -0.4 is 0 Å². The Hall–Kier alpha value is -0.640. The summed E-state index contributed by atoms with van der Waals surface area (Å²) in [6.45, 7) is 2.06. The second-order valence-corrected chi connectivity index (χ2v) is 2.67. The third-order valence-corrected chi connectivity index (χ3v) is 1.84. The summed E-state index contributed by atoms with van der Waals surface area (Å²) in [6.07, 6.45) is 1.79. The third kappa shape index (κ3) is 2.18. The van der Waals surface area contributed by atoms with E-state index in [1.807, 2.05) is 18.2 Å². The molecule has 0 aliphatic heterocycles. The fourth-order valence-electron chi connectivity index (χ4n) is 1.19. The first-order chi connectivity index (χ1) is 5.88. The quantitative estimate of drug-likeness (QED) is 0.673. The van der Waals surface area contributed by atoms with Crippen LogP contribution in [0.5, 0.6) is 0 Å². The van der Waals surface area contributed by atoms with Gasteiger partial charge < -0.3 is 0 Å². The first-order valence-corrected chi connectivity index (χ1v) is 3.80. The third-order valence-electron chi connectivity index (χ3n) is 1.84. The van der Waals surface area contributed by atoms with E-state index in [9.17, 15) is 0 Å². The number of aryl methyl sites for hydroxylation is 1. The zero-order valence-corrected chi connectivity index (χ0v) is 6.78. The number of benzene rings is 1. The molecular formula is C9H10N3Na. The van der Waals surface area contributed by atoms with Crippen LogP contribution in [0.3, 0.4) is 0 Å². The number of hydrogen-bond acceptors (Lipinski definition) is 2. The summed E-state index contributed by atoms with van der Waals surface area (Å²) >= 11 is 0. The molecule has 0 spiro atoms. The van der Waals surface area contributed by atoms with Crippen LogP contribution in [0.15, 0.2) is 30.5 Å². The van der Waals surface area contributed by atoms with E-state index in [-0.39, 0.29) is 29.6 Å². The van der Waals surface area contributed by atoms with Crippen molar-refractivity contribution in [2.24, 2.45) is 0 Å². The van der Waals surface area contributed by atoms with Gasteiger partial charge in [0.15, 0.2) is 0 Å². The van der Waals surface area contributed by atoms with Crippen molar-refractivity contribution in [2.75, 3.05) is 0 Å². The summed E-state index contributed by atoms with van der Waals surface area (Å²) in [7, 11) is 0. The monoisotopic (exact) mass is 183 g/mol. The van der Waals surface area contributed by atoms with Gasteiger partial charge in [0.2, 0.25) is 0 Å². The number of rotatable bonds is 1. The van der Waals surface area contributed by atoms with Crippen molar-refractivity contribution in [3.05, 3.63) is 36.0 Å². The molecule has 0 aliphatic carbocycles. The van der Waals surface area contributed by atoms with E-state index in [4.69, 9.17) is 0 Å². The standard InChI is InChI=1S/C9H9N3.Na.H/c1-7-4-2-3-5-8(7)9-6-10-12-11-9;;/h2-6H,1H3,(H,10,11,12);;. The van der Waals surface area contributed by atoms with Crippen LogP contribution in [0.1, 0.15) is 5.56 Å². The minimum absolute atomic E-state index is 0. The Balaban J connectivity index is 0.000000845. The predicted molar refractivity (Wildman–Crippen MR) is 53.7 cm³/mol. The van der Waals surface area contributed by atoms with E-state index >= 15 is 0 Å². The van der Waals surface area contributed by atoms with Gasteiger partial charge >= 0.3 is 29.6 Å². The zero-order chi connectivity index (χ0) is 8.39. The van der Waals surface area contributed by atoms with Gasteiger partial charge in [0.05, 0.1) is 0 Å². The Labute approximate surface area is 98.9 Å². The second-order valence-electron chi connectivity index (χ2n) is 2.67. The van der Waals surface area contributed by atoms with Crippen LogP contribution in [0.25, 0.3) is 11.3 Å². The molecule has 1 heterocycles. The first-order valence-electron chi connectivity index (χ1n) is 3.80. The molecule has 1 N–H and O–H groups in total. The number of hydrogen-bond donors (Lipinski definition) is 1. The Morgan fingerprint density at radius 2 is 2.00 bits per heavy atom. The summed E-state index contributed by atoms with van der Waals surface area (Å²) in [4.78, 5) is 0. The molecule has 0 fully saturated rings. The minimum atomic E-state index is 0. The molecule has 0 unspecified atom stereocenters. The summed E-state index contributed by atoms with van der Waals surface area (Å²) in [5, 5.41) is 10.3. The molecule has 0 aliphatic rings. The number of H-pyrrole nitrogens is 1. The Kier molecular flexibility index (Phi) is 3.66. The maximum atomic E-state index is 3.94. The number of nitrogens with zero attached hydrogens (tertiary/aromatic N) is 2. The summed E-state index contributed by atoms with van der Waals surface area (Å²) in [5.41, 5.74) is 3.24. The van der Waals surface area contributed by atoms with Crippen LogP contribution in [-0.2, 0) is 0 Å². The van der Waals surface area contributed by atoms with Crippen molar-refractivity contribution in [1.29, 1.82) is 0 Å². The van der Waals surface area contributed by atoms with E-state index in [0.29, 0.717) is 0 Å². The van der Waals surface area contributed by atoms with Crippen LogP contribution in [-0.4, -0.2) is 45.0 Å². The first kappa shape index (κ1) is 10.4. The molecule has 0 saturated heterocycles. The van der Waals surface area contributed by atoms with Gasteiger partial charge in [-0.3, -0.25) is 5.10 Å². The molecule has 1 aromatic heterocycles. The van der Waals surface area contributed by atoms with E-state index < -0.39 is 0 Å². The molecule has 13 heavy (non-hydrogen) atoms. The van der Waals surface area contributed by atoms with Crippen LogP contribution in [0, 0.1) is 6.92 Å². The molecule has 2 rings (SSSR count). The van der Waals surface area contributed by atoms with E-state index in [0.717, 1.165) is 11.3 Å². The fraction of sp³-hybridized carbons (Fsp3) is 0.111. The molecule has 2 aromatic rings. The molecule has 4 heteroatoms. The van der Waals surface area contributed by atoms with Gasteiger partial charge in [0, 0.05) is 11.8 Å². The van der Waals surface area contributed by atoms with Crippen molar-refractivity contribution >= 4 is 29.6 Å². The Morgan fingerprint density at radius 3 is 2.62 bits per heavy atom. The molecular weight excluding hydrogens is 173 g/mol. The SMILES string of the molecule is Cc1ccccc1-c1c[nH]nn1.[NaH]. The second kappa shape index (κ2) is 4.56. The van der Waals surface area contributed by atoms with Gasteiger partial charge in [0.1, 0.15) is 5.69 Å². The molecule has 0 saturated carbocycles. The van der Waals surface area contributed by atoms with Crippen molar-refractivity contribution < 1.29 is 0 Å². The summed E-state index contributed by atoms with van der Waals surface area (Å²) in [6, 6.07) is 8.10. The molecule has 0 atom stereocenters. The van der Waals surface area contributed by atoms with Crippen LogP contribution in [0.2, 0.25) is 0 Å². The van der Waals surface area contributed by atoms with Crippen LogP contribution >= 0.6 is 0 Å². The van der Waals surface area contributed by atoms with Gasteiger partial charge in [0.25, 0.3) is 0 Å². The number of aromatic amines is 1. The average Bonchev–Trinajstić information content (AvgIpc) is 2.57. The zero-order valence-electron chi connectivity index (χ0n) is 6.78. The Morgan fingerprint density at radius 1 is 1.23 bits per heavy atom. The van der Waals surface area contributed by atoms with E-state index in [1.54, 1.807) is 6.20 Å². The van der Waals surface area contributed by atoms with E-state index in [1.165, 1.54) is 5.56 Å². The maximum absolute atomic E-state index is 3.94. The number of aromatic nitrogens is 3. The van der Waals surface area contributed by atoms with Gasteiger partial charge in [-0.25, -0.2) is 0 Å². The summed E-state index contributed by atoms with van der Waals surface area (Å²) < 4.78 is 0. The topological polar surface area (TPSA) is 41.6 Å². The normalized spacial score (nSPS) is 9.31. The van der Waals surface area contributed by atoms with Gasteiger partial charge in [-0.1, -0.05) is 29.5 Å². The van der Waals surface area contributed by atoms with Crippen LogP contribution in [0.4, 0.5) is 0 Å². The average molecular weight is 183 g/mol. The van der Waals surface area contributed by atoms with Gasteiger partial charge in [-0.15, -0.1) is 5.10 Å². The van der Waals surface area contributed by atoms with Crippen molar-refractivity contribution in [2.45, 2.75) is 6.92 Å². The Bertz CT molecular complexity index is 370. The fourth-order valence-corrected chi connectivity index (χ4v) is 1.19.